The normalized spacial score (nSPS) is 19.9. The molecule has 1 aromatic rings. The van der Waals surface area contributed by atoms with Gasteiger partial charge < -0.3 is 10.6 Å². The lowest BCUT2D eigenvalue weighted by atomic mass is 10.2. The molecule has 84 valence electrons. The highest BCUT2D eigenvalue weighted by Crippen LogP contribution is 2.14. The van der Waals surface area contributed by atoms with Crippen molar-refractivity contribution in [3.05, 3.63) is 29.3 Å². The lowest BCUT2D eigenvalue weighted by Crippen LogP contribution is -2.57. The van der Waals surface area contributed by atoms with Gasteiger partial charge in [0, 0.05) is 17.3 Å². The molecule has 2 rings (SSSR count). The zero-order valence-electron chi connectivity index (χ0n) is 8.29. The fourth-order valence-electron chi connectivity index (χ4n) is 1.39. The molecule has 1 aliphatic heterocycles. The molecule has 0 spiro atoms. The second-order valence-corrected chi connectivity index (χ2v) is 3.84. The van der Waals surface area contributed by atoms with Gasteiger partial charge >= 0.3 is 6.03 Å². The first-order valence-corrected chi connectivity index (χ1v) is 5.14. The predicted octanol–water partition coefficient (Wildman–Crippen LogP) is 0.960. The Balaban J connectivity index is 2.02. The minimum Gasteiger partial charge on any atom is -0.372 e. The number of imide groups is 1. The first-order valence-electron chi connectivity index (χ1n) is 4.76. The van der Waals surface area contributed by atoms with Crippen molar-refractivity contribution < 1.29 is 9.59 Å². The van der Waals surface area contributed by atoms with Crippen molar-refractivity contribution in [1.82, 2.24) is 10.6 Å². The van der Waals surface area contributed by atoms with E-state index in [0.29, 0.717) is 5.02 Å². The topological polar surface area (TPSA) is 70.2 Å². The number of nitrogens with one attached hydrogen (secondary N) is 3. The van der Waals surface area contributed by atoms with Crippen molar-refractivity contribution in [2.75, 3.05) is 11.9 Å². The molecule has 0 saturated carbocycles. The summed E-state index contributed by atoms with van der Waals surface area (Å²) >= 11 is 5.74. The van der Waals surface area contributed by atoms with Gasteiger partial charge in [-0.1, -0.05) is 11.6 Å². The van der Waals surface area contributed by atoms with E-state index in [1.807, 2.05) is 0 Å². The Bertz CT molecular complexity index is 419. The van der Waals surface area contributed by atoms with Crippen molar-refractivity contribution in [2.45, 2.75) is 6.04 Å². The van der Waals surface area contributed by atoms with Crippen LogP contribution in [-0.2, 0) is 4.79 Å². The van der Waals surface area contributed by atoms with E-state index in [2.05, 4.69) is 16.0 Å². The lowest BCUT2D eigenvalue weighted by Gasteiger charge is -2.23. The van der Waals surface area contributed by atoms with E-state index in [1.165, 1.54) is 0 Å². The van der Waals surface area contributed by atoms with E-state index in [1.54, 1.807) is 24.3 Å². The number of anilines is 1. The van der Waals surface area contributed by atoms with Gasteiger partial charge in [-0.15, -0.1) is 0 Å². The minimum absolute atomic E-state index is 0.271. The van der Waals surface area contributed by atoms with Crippen LogP contribution in [0.15, 0.2) is 24.3 Å². The van der Waals surface area contributed by atoms with Gasteiger partial charge in [-0.05, 0) is 24.3 Å². The van der Waals surface area contributed by atoms with E-state index >= 15 is 0 Å². The first kappa shape index (κ1) is 10.8. The highest BCUT2D eigenvalue weighted by molar-refractivity contribution is 6.30. The summed E-state index contributed by atoms with van der Waals surface area (Å²) < 4.78 is 0. The van der Waals surface area contributed by atoms with Gasteiger partial charge in [-0.3, -0.25) is 10.1 Å². The molecule has 0 aromatic heterocycles. The van der Waals surface area contributed by atoms with Crippen LogP contribution in [0.25, 0.3) is 0 Å². The smallest absolute Gasteiger partial charge is 0.321 e. The molecule has 1 aromatic carbocycles. The molecule has 16 heavy (non-hydrogen) atoms. The molecular weight excluding hydrogens is 230 g/mol. The van der Waals surface area contributed by atoms with Crippen LogP contribution in [0.3, 0.4) is 0 Å². The van der Waals surface area contributed by atoms with Gasteiger partial charge in [-0.2, -0.15) is 0 Å². The summed E-state index contributed by atoms with van der Waals surface area (Å²) in [5, 5.41) is 8.34. The molecule has 3 N–H and O–H groups in total. The number of hydrogen-bond acceptors (Lipinski definition) is 3. The van der Waals surface area contributed by atoms with Crippen LogP contribution < -0.4 is 16.0 Å². The zero-order chi connectivity index (χ0) is 11.5. The van der Waals surface area contributed by atoms with E-state index in [4.69, 9.17) is 11.6 Å². The highest BCUT2D eigenvalue weighted by atomic mass is 35.5. The van der Waals surface area contributed by atoms with Gasteiger partial charge in [0.2, 0.25) is 0 Å². The zero-order valence-corrected chi connectivity index (χ0v) is 9.04. The summed E-state index contributed by atoms with van der Waals surface area (Å²) in [6, 6.07) is 6.07. The van der Waals surface area contributed by atoms with Crippen molar-refractivity contribution >= 4 is 29.2 Å². The number of halogens is 1. The van der Waals surface area contributed by atoms with Gasteiger partial charge in [0.1, 0.15) is 6.04 Å². The Hall–Kier alpha value is -1.75. The number of benzene rings is 1. The standard InChI is InChI=1S/C10H10ClN3O2/c11-6-1-3-7(4-2-6)13-8-5-12-10(16)14-9(8)15/h1-4,8,13H,5H2,(H2,12,14,15,16). The van der Waals surface area contributed by atoms with Crippen LogP contribution in [0.1, 0.15) is 0 Å². The van der Waals surface area contributed by atoms with Crippen LogP contribution in [0.5, 0.6) is 0 Å². The molecule has 5 nitrogen and oxygen atoms in total. The quantitative estimate of drug-likeness (QED) is 0.720. The van der Waals surface area contributed by atoms with Gasteiger partial charge in [0.15, 0.2) is 0 Å². The summed E-state index contributed by atoms with van der Waals surface area (Å²) in [6.45, 7) is 0.271. The summed E-state index contributed by atoms with van der Waals surface area (Å²) in [5.41, 5.74) is 0.778. The van der Waals surface area contributed by atoms with Crippen molar-refractivity contribution in [3.63, 3.8) is 0 Å². The molecular formula is C10H10ClN3O2. The summed E-state index contributed by atoms with van der Waals surface area (Å²) in [5.74, 6) is -0.335. The average molecular weight is 240 g/mol. The first-order chi connectivity index (χ1) is 7.65. The van der Waals surface area contributed by atoms with Crippen LogP contribution in [0, 0.1) is 0 Å². The minimum atomic E-state index is -0.459. The van der Waals surface area contributed by atoms with Crippen molar-refractivity contribution in [3.8, 4) is 0 Å². The van der Waals surface area contributed by atoms with Gasteiger partial charge in [0.25, 0.3) is 5.91 Å². The van der Waals surface area contributed by atoms with Gasteiger partial charge in [-0.25, -0.2) is 4.79 Å². The van der Waals surface area contributed by atoms with Gasteiger partial charge in [0.05, 0.1) is 0 Å². The highest BCUT2D eigenvalue weighted by Gasteiger charge is 2.25. The third-order valence-corrected chi connectivity index (χ3v) is 2.46. The summed E-state index contributed by atoms with van der Waals surface area (Å²) in [4.78, 5) is 22.2. The fraction of sp³-hybridized carbons (Fsp3) is 0.200. The number of hydrogen-bond donors (Lipinski definition) is 3. The summed E-state index contributed by atoms with van der Waals surface area (Å²) in [6.07, 6.45) is 0. The Kier molecular flexibility index (Phi) is 2.96. The third kappa shape index (κ3) is 2.43. The van der Waals surface area contributed by atoms with Crippen LogP contribution in [0.4, 0.5) is 10.5 Å². The second-order valence-electron chi connectivity index (χ2n) is 3.40. The van der Waals surface area contributed by atoms with E-state index in [0.717, 1.165) is 5.69 Å². The molecule has 0 aliphatic carbocycles. The third-order valence-electron chi connectivity index (χ3n) is 2.21. The van der Waals surface area contributed by atoms with Crippen molar-refractivity contribution in [1.29, 1.82) is 0 Å². The summed E-state index contributed by atoms with van der Waals surface area (Å²) in [7, 11) is 0. The number of amides is 3. The molecule has 1 aliphatic rings. The van der Waals surface area contributed by atoms with Crippen LogP contribution in [-0.4, -0.2) is 24.5 Å². The molecule has 1 heterocycles. The molecule has 0 radical (unpaired) electrons. The monoisotopic (exact) mass is 239 g/mol. The Morgan fingerprint density at radius 1 is 1.25 bits per heavy atom. The largest absolute Gasteiger partial charge is 0.372 e. The number of urea groups is 1. The molecule has 1 saturated heterocycles. The maximum Gasteiger partial charge on any atom is 0.321 e. The molecule has 3 amide bonds. The molecule has 1 atom stereocenters. The Morgan fingerprint density at radius 3 is 2.56 bits per heavy atom. The lowest BCUT2D eigenvalue weighted by molar-refractivity contribution is -0.121. The SMILES string of the molecule is O=C1NCC(Nc2ccc(Cl)cc2)C(=O)N1. The van der Waals surface area contributed by atoms with E-state index in [-0.39, 0.29) is 12.5 Å². The van der Waals surface area contributed by atoms with Crippen LogP contribution >= 0.6 is 11.6 Å². The molecule has 6 heteroatoms. The maximum absolute atomic E-state index is 11.4. The van der Waals surface area contributed by atoms with E-state index in [9.17, 15) is 9.59 Å². The molecule has 1 unspecified atom stereocenters. The number of carbonyl (C=O) groups excluding carboxylic acids is 2. The predicted molar refractivity (Wildman–Crippen MR) is 60.4 cm³/mol. The number of carbonyl (C=O) groups is 2. The molecule has 1 fully saturated rings. The maximum atomic E-state index is 11.4. The molecule has 0 bridgehead atoms. The second kappa shape index (κ2) is 4.40. The fourth-order valence-corrected chi connectivity index (χ4v) is 1.52. The average Bonchev–Trinajstić information content (AvgIpc) is 2.25. The Morgan fingerprint density at radius 2 is 1.94 bits per heavy atom. The van der Waals surface area contributed by atoms with Crippen LogP contribution in [0.2, 0.25) is 5.02 Å². The van der Waals surface area contributed by atoms with Crippen molar-refractivity contribution in [2.24, 2.45) is 0 Å². The van der Waals surface area contributed by atoms with E-state index < -0.39 is 12.1 Å². The Labute approximate surface area is 97.2 Å². The number of rotatable bonds is 2.